The van der Waals surface area contributed by atoms with Gasteiger partial charge in [0.2, 0.25) is 0 Å². The van der Waals surface area contributed by atoms with E-state index in [2.05, 4.69) is 64.1 Å². The Bertz CT molecular complexity index is 963. The molecule has 3 aromatic rings. The van der Waals surface area contributed by atoms with E-state index in [-0.39, 0.29) is 10.8 Å². The predicted molar refractivity (Wildman–Crippen MR) is 106 cm³/mol. The summed E-state index contributed by atoms with van der Waals surface area (Å²) in [4.78, 5) is 0. The van der Waals surface area contributed by atoms with E-state index in [0.29, 0.717) is 5.75 Å². The van der Waals surface area contributed by atoms with Crippen LogP contribution in [0.5, 0.6) is 5.75 Å². The minimum atomic E-state index is 0.226. The number of hydrogen-bond acceptors (Lipinski definition) is 1. The molecule has 1 aliphatic rings. The Kier molecular flexibility index (Phi) is 3.47. The van der Waals surface area contributed by atoms with E-state index in [1.807, 2.05) is 12.1 Å². The summed E-state index contributed by atoms with van der Waals surface area (Å²) in [7, 11) is 0. The van der Waals surface area contributed by atoms with Crippen LogP contribution < -0.4 is 0 Å². The Morgan fingerprint density at radius 1 is 0.640 bits per heavy atom. The van der Waals surface area contributed by atoms with Gasteiger partial charge in [0.1, 0.15) is 5.75 Å². The molecule has 0 fully saturated rings. The van der Waals surface area contributed by atoms with E-state index in [0.717, 1.165) is 10.8 Å². The van der Waals surface area contributed by atoms with Gasteiger partial charge < -0.3 is 5.11 Å². The molecule has 0 unspecified atom stereocenters. The van der Waals surface area contributed by atoms with Crippen molar-refractivity contribution >= 4 is 10.8 Å². The Balaban J connectivity index is 1.86. The molecule has 3 aromatic carbocycles. The zero-order valence-electron chi connectivity index (χ0n) is 15.6. The molecule has 25 heavy (non-hydrogen) atoms. The summed E-state index contributed by atoms with van der Waals surface area (Å²) in [5, 5.41) is 11.9. The SMILES string of the molecule is CC1(C)CCC(C)(C)c2cc(-c3ccc4cc(O)ccc4c3)ccc21. The van der Waals surface area contributed by atoms with Gasteiger partial charge in [-0.15, -0.1) is 0 Å². The van der Waals surface area contributed by atoms with Crippen molar-refractivity contribution in [2.75, 3.05) is 0 Å². The summed E-state index contributed by atoms with van der Waals surface area (Å²) in [6.45, 7) is 9.47. The molecular weight excluding hydrogens is 304 g/mol. The third-order valence-electron chi connectivity index (χ3n) is 6.01. The topological polar surface area (TPSA) is 20.2 Å². The van der Waals surface area contributed by atoms with Crippen LogP contribution in [0.4, 0.5) is 0 Å². The van der Waals surface area contributed by atoms with Gasteiger partial charge in [-0.2, -0.15) is 0 Å². The van der Waals surface area contributed by atoms with E-state index in [9.17, 15) is 5.11 Å². The van der Waals surface area contributed by atoms with Crippen molar-refractivity contribution < 1.29 is 5.11 Å². The van der Waals surface area contributed by atoms with Crippen LogP contribution in [-0.4, -0.2) is 5.11 Å². The van der Waals surface area contributed by atoms with Crippen molar-refractivity contribution in [3.63, 3.8) is 0 Å². The van der Waals surface area contributed by atoms with Gasteiger partial charge in [-0.1, -0.05) is 64.1 Å². The fourth-order valence-corrected chi connectivity index (χ4v) is 4.18. The number of phenolic OH excluding ortho intramolecular Hbond substituents is 1. The summed E-state index contributed by atoms with van der Waals surface area (Å²) in [5.41, 5.74) is 5.98. The number of phenols is 1. The summed E-state index contributed by atoms with van der Waals surface area (Å²) < 4.78 is 0. The van der Waals surface area contributed by atoms with Gasteiger partial charge in [-0.3, -0.25) is 0 Å². The molecule has 1 nitrogen and oxygen atoms in total. The van der Waals surface area contributed by atoms with Crippen molar-refractivity contribution in [2.24, 2.45) is 0 Å². The summed E-state index contributed by atoms with van der Waals surface area (Å²) in [5.74, 6) is 0.318. The maximum Gasteiger partial charge on any atom is 0.116 e. The van der Waals surface area contributed by atoms with Gasteiger partial charge in [0.15, 0.2) is 0 Å². The third kappa shape index (κ3) is 2.72. The zero-order chi connectivity index (χ0) is 17.8. The number of rotatable bonds is 1. The van der Waals surface area contributed by atoms with E-state index in [1.54, 1.807) is 6.07 Å². The number of hydrogen-bond donors (Lipinski definition) is 1. The van der Waals surface area contributed by atoms with Crippen LogP contribution in [0.2, 0.25) is 0 Å². The van der Waals surface area contributed by atoms with Gasteiger partial charge in [0.05, 0.1) is 0 Å². The van der Waals surface area contributed by atoms with Crippen LogP contribution >= 0.6 is 0 Å². The van der Waals surface area contributed by atoms with E-state index in [1.165, 1.54) is 35.1 Å². The standard InChI is InChI=1S/C24H26O/c1-23(2)11-12-24(3,4)22-15-19(8-10-21(22)23)16-5-6-18-14-20(25)9-7-17(18)13-16/h5-10,13-15,25H,11-12H2,1-4H3. The maximum atomic E-state index is 9.66. The quantitative estimate of drug-likeness (QED) is 0.535. The first-order valence-electron chi connectivity index (χ1n) is 9.14. The van der Waals surface area contributed by atoms with Crippen LogP contribution in [0.15, 0.2) is 54.6 Å². The van der Waals surface area contributed by atoms with Gasteiger partial charge in [-0.05, 0) is 74.9 Å². The molecule has 1 N–H and O–H groups in total. The highest BCUT2D eigenvalue weighted by Crippen LogP contribution is 2.46. The molecule has 0 aromatic heterocycles. The van der Waals surface area contributed by atoms with Crippen molar-refractivity contribution in [1.29, 1.82) is 0 Å². The average molecular weight is 330 g/mol. The molecule has 0 heterocycles. The zero-order valence-corrected chi connectivity index (χ0v) is 15.6. The molecule has 0 atom stereocenters. The summed E-state index contributed by atoms with van der Waals surface area (Å²) >= 11 is 0. The third-order valence-corrected chi connectivity index (χ3v) is 6.01. The highest BCUT2D eigenvalue weighted by molar-refractivity contribution is 5.88. The molecule has 128 valence electrons. The lowest BCUT2D eigenvalue weighted by Crippen LogP contribution is -2.33. The van der Waals surface area contributed by atoms with Gasteiger partial charge in [0.25, 0.3) is 0 Å². The maximum absolute atomic E-state index is 9.66. The molecule has 0 saturated heterocycles. The van der Waals surface area contributed by atoms with Crippen LogP contribution in [0.1, 0.15) is 51.7 Å². The van der Waals surface area contributed by atoms with Crippen molar-refractivity contribution in [2.45, 2.75) is 51.4 Å². The lowest BCUT2D eigenvalue weighted by Gasteiger charge is -2.42. The first-order chi connectivity index (χ1) is 11.8. The van der Waals surface area contributed by atoms with Crippen LogP contribution in [0.25, 0.3) is 21.9 Å². The first-order valence-corrected chi connectivity index (χ1v) is 9.14. The number of benzene rings is 3. The van der Waals surface area contributed by atoms with E-state index >= 15 is 0 Å². The first kappa shape index (κ1) is 16.2. The van der Waals surface area contributed by atoms with Crippen molar-refractivity contribution in [3.8, 4) is 16.9 Å². The predicted octanol–water partition coefficient (Wildman–Crippen LogP) is 6.56. The van der Waals surface area contributed by atoms with Crippen molar-refractivity contribution in [1.82, 2.24) is 0 Å². The molecule has 4 rings (SSSR count). The second-order valence-corrected chi connectivity index (χ2v) is 8.77. The lowest BCUT2D eigenvalue weighted by atomic mass is 9.63. The van der Waals surface area contributed by atoms with Crippen molar-refractivity contribution in [3.05, 3.63) is 65.7 Å². The molecule has 0 aliphatic heterocycles. The Labute approximate surface area is 150 Å². The molecule has 0 bridgehead atoms. The van der Waals surface area contributed by atoms with Crippen LogP contribution in [0.3, 0.4) is 0 Å². The second-order valence-electron chi connectivity index (χ2n) is 8.77. The van der Waals surface area contributed by atoms with Gasteiger partial charge in [-0.25, -0.2) is 0 Å². The highest BCUT2D eigenvalue weighted by Gasteiger charge is 2.36. The molecule has 0 saturated carbocycles. The molecule has 1 heteroatoms. The minimum absolute atomic E-state index is 0.226. The van der Waals surface area contributed by atoms with Gasteiger partial charge >= 0.3 is 0 Å². The number of fused-ring (bicyclic) bond motifs is 2. The fraction of sp³-hybridized carbons (Fsp3) is 0.333. The molecule has 0 radical (unpaired) electrons. The average Bonchev–Trinajstić information content (AvgIpc) is 2.58. The smallest absolute Gasteiger partial charge is 0.116 e. The second kappa shape index (κ2) is 5.36. The normalized spacial score (nSPS) is 18.1. The van der Waals surface area contributed by atoms with E-state index < -0.39 is 0 Å². The Morgan fingerprint density at radius 3 is 1.96 bits per heavy atom. The minimum Gasteiger partial charge on any atom is -0.508 e. The lowest BCUT2D eigenvalue weighted by molar-refractivity contribution is 0.332. The Hall–Kier alpha value is -2.28. The number of aromatic hydroxyl groups is 1. The fourth-order valence-electron chi connectivity index (χ4n) is 4.18. The van der Waals surface area contributed by atoms with Crippen LogP contribution in [-0.2, 0) is 10.8 Å². The van der Waals surface area contributed by atoms with Crippen LogP contribution in [0, 0.1) is 0 Å². The molecule has 1 aliphatic carbocycles. The van der Waals surface area contributed by atoms with Gasteiger partial charge in [0, 0.05) is 0 Å². The molecule has 0 spiro atoms. The summed E-state index contributed by atoms with van der Waals surface area (Å²) in [6.07, 6.45) is 2.47. The molecular formula is C24H26O. The monoisotopic (exact) mass is 330 g/mol. The van der Waals surface area contributed by atoms with E-state index in [4.69, 9.17) is 0 Å². The molecule has 0 amide bonds. The summed E-state index contributed by atoms with van der Waals surface area (Å²) in [6, 6.07) is 19.0. The highest BCUT2D eigenvalue weighted by atomic mass is 16.3. The largest absolute Gasteiger partial charge is 0.508 e. The Morgan fingerprint density at radius 2 is 1.20 bits per heavy atom.